The van der Waals surface area contributed by atoms with Crippen LogP contribution in [0, 0.1) is 6.92 Å². The van der Waals surface area contributed by atoms with E-state index in [9.17, 15) is 8.42 Å². The highest BCUT2D eigenvalue weighted by Gasteiger charge is 2.27. The maximum absolute atomic E-state index is 12.6. The minimum Gasteiger partial charge on any atom is -0.488 e. The van der Waals surface area contributed by atoms with E-state index in [1.165, 1.54) is 0 Å². The summed E-state index contributed by atoms with van der Waals surface area (Å²) in [4.78, 5) is 0.265. The van der Waals surface area contributed by atoms with Crippen LogP contribution in [0.15, 0.2) is 47.4 Å². The molecule has 1 aliphatic rings. The minimum absolute atomic E-state index is 0.201. The lowest BCUT2D eigenvalue weighted by Gasteiger charge is -2.32. The van der Waals surface area contributed by atoms with Gasteiger partial charge in [-0.1, -0.05) is 12.1 Å². The summed E-state index contributed by atoms with van der Waals surface area (Å²) < 4.78 is 33.7. The van der Waals surface area contributed by atoms with Crippen molar-refractivity contribution in [3.05, 3.63) is 53.6 Å². The van der Waals surface area contributed by atoms with Gasteiger partial charge in [-0.05, 0) is 75.1 Å². The molecule has 122 valence electrons. The summed E-state index contributed by atoms with van der Waals surface area (Å²) in [6.45, 7) is 6.01. The first-order valence-corrected chi connectivity index (χ1v) is 9.15. The van der Waals surface area contributed by atoms with E-state index in [4.69, 9.17) is 4.74 Å². The van der Waals surface area contributed by atoms with Gasteiger partial charge in [0.2, 0.25) is 0 Å². The van der Waals surface area contributed by atoms with Crippen molar-refractivity contribution in [1.29, 1.82) is 0 Å². The van der Waals surface area contributed by atoms with Gasteiger partial charge in [-0.15, -0.1) is 0 Å². The van der Waals surface area contributed by atoms with E-state index < -0.39 is 10.0 Å². The van der Waals surface area contributed by atoms with Crippen molar-refractivity contribution in [3.63, 3.8) is 0 Å². The third kappa shape index (κ3) is 3.50. The maximum atomic E-state index is 12.6. The number of anilines is 1. The number of nitrogens with one attached hydrogen (secondary N) is 1. The Hall–Kier alpha value is -2.01. The summed E-state index contributed by atoms with van der Waals surface area (Å²) in [6.07, 6.45) is 1.69. The van der Waals surface area contributed by atoms with Gasteiger partial charge in [-0.2, -0.15) is 0 Å². The Morgan fingerprint density at radius 1 is 1.13 bits per heavy atom. The molecule has 4 nitrogen and oxygen atoms in total. The Balaban J connectivity index is 1.89. The number of hydrogen-bond donors (Lipinski definition) is 1. The van der Waals surface area contributed by atoms with E-state index in [2.05, 4.69) is 4.72 Å². The molecule has 0 radical (unpaired) electrons. The minimum atomic E-state index is -3.60. The normalized spacial score (nSPS) is 16.3. The van der Waals surface area contributed by atoms with E-state index >= 15 is 0 Å². The highest BCUT2D eigenvalue weighted by molar-refractivity contribution is 7.92. The fourth-order valence-electron chi connectivity index (χ4n) is 2.72. The summed E-state index contributed by atoms with van der Waals surface area (Å²) in [7, 11) is -3.60. The number of rotatable bonds is 3. The molecule has 0 fully saturated rings. The van der Waals surface area contributed by atoms with Gasteiger partial charge < -0.3 is 4.74 Å². The summed E-state index contributed by atoms with van der Waals surface area (Å²) in [5.74, 6) is 0.774. The molecule has 0 atom stereocenters. The second-order valence-corrected chi connectivity index (χ2v) is 8.29. The summed E-state index contributed by atoms with van der Waals surface area (Å²) in [5.41, 5.74) is 2.32. The zero-order chi connectivity index (χ0) is 16.7. The molecule has 1 N–H and O–H groups in total. The van der Waals surface area contributed by atoms with Crippen LogP contribution in [-0.2, 0) is 16.4 Å². The lowest BCUT2D eigenvalue weighted by Crippen LogP contribution is -2.32. The first-order valence-electron chi connectivity index (χ1n) is 7.67. The number of ether oxygens (including phenoxy) is 1. The molecule has 5 heteroatoms. The average molecular weight is 331 g/mol. The lowest BCUT2D eigenvalue weighted by molar-refractivity contribution is 0.0845. The average Bonchev–Trinajstić information content (AvgIpc) is 2.45. The molecule has 23 heavy (non-hydrogen) atoms. The van der Waals surface area contributed by atoms with Crippen LogP contribution in [0.2, 0.25) is 0 Å². The molecule has 3 rings (SSSR count). The fraction of sp³-hybridized carbons (Fsp3) is 0.333. The fourth-order valence-corrected chi connectivity index (χ4v) is 3.82. The van der Waals surface area contributed by atoms with Crippen LogP contribution < -0.4 is 9.46 Å². The molecular formula is C18H21NO3S. The first kappa shape index (κ1) is 15.9. The Morgan fingerprint density at radius 3 is 2.65 bits per heavy atom. The molecule has 0 aromatic heterocycles. The molecule has 0 amide bonds. The van der Waals surface area contributed by atoms with Gasteiger partial charge in [-0.25, -0.2) is 8.42 Å². The predicted octanol–water partition coefficient (Wildman–Crippen LogP) is 3.90. The first-order chi connectivity index (χ1) is 10.8. The van der Waals surface area contributed by atoms with Crippen LogP contribution in [-0.4, -0.2) is 14.0 Å². The molecule has 1 aliphatic heterocycles. The smallest absolute Gasteiger partial charge is 0.261 e. The molecule has 2 aromatic rings. The Labute approximate surface area is 137 Å². The topological polar surface area (TPSA) is 55.4 Å². The zero-order valence-electron chi connectivity index (χ0n) is 13.6. The third-order valence-electron chi connectivity index (χ3n) is 4.00. The highest BCUT2D eigenvalue weighted by atomic mass is 32.2. The molecule has 0 spiro atoms. The van der Waals surface area contributed by atoms with Crippen LogP contribution >= 0.6 is 0 Å². The quantitative estimate of drug-likeness (QED) is 0.928. The van der Waals surface area contributed by atoms with Gasteiger partial charge in [-0.3, -0.25) is 4.72 Å². The largest absolute Gasteiger partial charge is 0.488 e. The SMILES string of the molecule is Cc1cccc(NS(=O)(=O)c2ccc3c(c2)CCC(C)(C)O3)c1. The van der Waals surface area contributed by atoms with Crippen molar-refractivity contribution in [1.82, 2.24) is 0 Å². The van der Waals surface area contributed by atoms with Crippen molar-refractivity contribution < 1.29 is 13.2 Å². The van der Waals surface area contributed by atoms with Crippen LogP contribution in [0.1, 0.15) is 31.4 Å². The molecule has 0 bridgehead atoms. The molecule has 1 heterocycles. The van der Waals surface area contributed by atoms with Crippen LogP contribution in [0.25, 0.3) is 0 Å². The van der Waals surface area contributed by atoms with Crippen LogP contribution in [0.5, 0.6) is 5.75 Å². The number of fused-ring (bicyclic) bond motifs is 1. The standard InChI is InChI=1S/C18H21NO3S/c1-13-5-4-6-15(11-13)19-23(20,21)16-7-8-17-14(12-16)9-10-18(2,3)22-17/h4-8,11-12,19H,9-10H2,1-3H3. The van der Waals surface area contributed by atoms with Gasteiger partial charge in [0.1, 0.15) is 11.4 Å². The van der Waals surface area contributed by atoms with Gasteiger partial charge in [0, 0.05) is 5.69 Å². The Morgan fingerprint density at radius 2 is 1.91 bits per heavy atom. The monoisotopic (exact) mass is 331 g/mol. The van der Waals surface area contributed by atoms with Crippen molar-refractivity contribution in [3.8, 4) is 5.75 Å². The van der Waals surface area contributed by atoms with E-state index in [1.54, 1.807) is 24.3 Å². The van der Waals surface area contributed by atoms with Crippen LogP contribution in [0.4, 0.5) is 5.69 Å². The summed E-state index contributed by atoms with van der Waals surface area (Å²) in [6, 6.07) is 12.4. The Kier molecular flexibility index (Phi) is 3.84. The maximum Gasteiger partial charge on any atom is 0.261 e. The molecule has 0 unspecified atom stereocenters. The number of sulfonamides is 1. The van der Waals surface area contributed by atoms with Gasteiger partial charge in [0.05, 0.1) is 4.90 Å². The van der Waals surface area contributed by atoms with Crippen molar-refractivity contribution in [2.24, 2.45) is 0 Å². The van der Waals surface area contributed by atoms with Gasteiger partial charge in [0.15, 0.2) is 0 Å². The summed E-state index contributed by atoms with van der Waals surface area (Å²) >= 11 is 0. The van der Waals surface area contributed by atoms with E-state index in [1.807, 2.05) is 39.0 Å². The molecule has 0 saturated carbocycles. The van der Waals surface area contributed by atoms with Crippen molar-refractivity contribution in [2.75, 3.05) is 4.72 Å². The second kappa shape index (κ2) is 5.57. The molecule has 0 saturated heterocycles. The predicted molar refractivity (Wildman–Crippen MR) is 91.5 cm³/mol. The number of aryl methyl sites for hydroxylation is 2. The van der Waals surface area contributed by atoms with E-state index in [0.717, 1.165) is 29.7 Å². The van der Waals surface area contributed by atoms with Gasteiger partial charge >= 0.3 is 0 Å². The second-order valence-electron chi connectivity index (χ2n) is 6.61. The van der Waals surface area contributed by atoms with Crippen molar-refractivity contribution >= 4 is 15.7 Å². The van der Waals surface area contributed by atoms with Crippen LogP contribution in [0.3, 0.4) is 0 Å². The van der Waals surface area contributed by atoms with E-state index in [0.29, 0.717) is 5.69 Å². The lowest BCUT2D eigenvalue weighted by atomic mass is 9.94. The van der Waals surface area contributed by atoms with Crippen molar-refractivity contribution in [2.45, 2.75) is 44.1 Å². The number of hydrogen-bond acceptors (Lipinski definition) is 3. The summed E-state index contributed by atoms with van der Waals surface area (Å²) in [5, 5.41) is 0. The highest BCUT2D eigenvalue weighted by Crippen LogP contribution is 2.34. The van der Waals surface area contributed by atoms with E-state index in [-0.39, 0.29) is 10.5 Å². The molecule has 0 aliphatic carbocycles. The molecular weight excluding hydrogens is 310 g/mol. The Bertz CT molecular complexity index is 841. The molecule has 2 aromatic carbocycles. The third-order valence-corrected chi connectivity index (χ3v) is 5.37. The zero-order valence-corrected chi connectivity index (χ0v) is 14.4. The number of benzene rings is 2. The van der Waals surface area contributed by atoms with Gasteiger partial charge in [0.25, 0.3) is 10.0 Å².